The van der Waals surface area contributed by atoms with Gasteiger partial charge in [-0.15, -0.1) is 0 Å². The molecule has 1 aliphatic heterocycles. The largest absolute Gasteiger partial charge is 0.454 e. The van der Waals surface area contributed by atoms with Crippen LogP contribution in [0.5, 0.6) is 11.5 Å². The van der Waals surface area contributed by atoms with Crippen molar-refractivity contribution in [3.63, 3.8) is 0 Å². The molecule has 0 aliphatic carbocycles. The number of ether oxygens (including phenoxy) is 2. The van der Waals surface area contributed by atoms with Crippen LogP contribution >= 0.6 is 0 Å². The molecular weight excluding hydrogens is 368 g/mol. The van der Waals surface area contributed by atoms with Gasteiger partial charge in [0.15, 0.2) is 11.5 Å². The van der Waals surface area contributed by atoms with Crippen molar-refractivity contribution in [2.24, 2.45) is 0 Å². The van der Waals surface area contributed by atoms with Gasteiger partial charge in [0, 0.05) is 28.6 Å². The fraction of sp³-hybridized carbons (Fsp3) is 0.130. The van der Waals surface area contributed by atoms with Crippen molar-refractivity contribution in [1.82, 2.24) is 0 Å². The number of aryl methyl sites for hydroxylation is 2. The monoisotopic (exact) mass is 388 g/mol. The summed E-state index contributed by atoms with van der Waals surface area (Å²) in [7, 11) is 0. The van der Waals surface area contributed by atoms with E-state index < -0.39 is 0 Å². The van der Waals surface area contributed by atoms with Gasteiger partial charge in [0.25, 0.3) is 11.8 Å². The zero-order valence-corrected chi connectivity index (χ0v) is 16.1. The maximum atomic E-state index is 12.7. The molecule has 29 heavy (non-hydrogen) atoms. The molecule has 0 radical (unpaired) electrons. The lowest BCUT2D eigenvalue weighted by Crippen LogP contribution is -2.16. The van der Waals surface area contributed by atoms with Gasteiger partial charge in [0.1, 0.15) is 0 Å². The highest BCUT2D eigenvalue weighted by atomic mass is 16.7. The predicted molar refractivity (Wildman–Crippen MR) is 111 cm³/mol. The molecule has 0 bridgehead atoms. The zero-order chi connectivity index (χ0) is 20.4. The second-order valence-corrected chi connectivity index (χ2v) is 6.88. The van der Waals surface area contributed by atoms with Crippen LogP contribution in [0.15, 0.2) is 60.7 Å². The smallest absolute Gasteiger partial charge is 0.255 e. The molecule has 6 nitrogen and oxygen atoms in total. The molecule has 0 atom stereocenters. The van der Waals surface area contributed by atoms with Crippen LogP contribution in [0.3, 0.4) is 0 Å². The molecule has 0 unspecified atom stereocenters. The van der Waals surface area contributed by atoms with Gasteiger partial charge < -0.3 is 20.1 Å². The van der Waals surface area contributed by atoms with Crippen molar-refractivity contribution in [3.8, 4) is 11.5 Å². The van der Waals surface area contributed by atoms with Crippen molar-refractivity contribution in [3.05, 3.63) is 82.9 Å². The second kappa shape index (κ2) is 7.67. The minimum absolute atomic E-state index is 0.171. The van der Waals surface area contributed by atoms with Crippen molar-refractivity contribution in [2.45, 2.75) is 13.8 Å². The molecule has 6 heteroatoms. The van der Waals surface area contributed by atoms with Crippen molar-refractivity contribution >= 4 is 23.2 Å². The third-order valence-electron chi connectivity index (χ3n) is 4.66. The number of carbonyl (C=O) groups is 2. The Morgan fingerprint density at radius 3 is 2.31 bits per heavy atom. The summed E-state index contributed by atoms with van der Waals surface area (Å²) in [5.41, 5.74) is 4.17. The van der Waals surface area contributed by atoms with E-state index in [-0.39, 0.29) is 18.6 Å². The third-order valence-corrected chi connectivity index (χ3v) is 4.66. The molecule has 2 N–H and O–H groups in total. The number of nitrogens with one attached hydrogen (secondary N) is 2. The molecule has 1 aliphatic rings. The summed E-state index contributed by atoms with van der Waals surface area (Å²) in [6.07, 6.45) is 0. The van der Waals surface area contributed by atoms with Gasteiger partial charge >= 0.3 is 0 Å². The molecule has 146 valence electrons. The summed E-state index contributed by atoms with van der Waals surface area (Å²) in [6, 6.07) is 17.7. The van der Waals surface area contributed by atoms with Crippen LogP contribution in [-0.2, 0) is 0 Å². The van der Waals surface area contributed by atoms with Crippen LogP contribution in [-0.4, -0.2) is 18.6 Å². The highest BCUT2D eigenvalue weighted by Crippen LogP contribution is 2.34. The number of fused-ring (bicyclic) bond motifs is 1. The van der Waals surface area contributed by atoms with Gasteiger partial charge in [0.05, 0.1) is 0 Å². The lowest BCUT2D eigenvalue weighted by atomic mass is 10.1. The first-order valence-electron chi connectivity index (χ1n) is 9.19. The van der Waals surface area contributed by atoms with Crippen molar-refractivity contribution in [1.29, 1.82) is 0 Å². The maximum Gasteiger partial charge on any atom is 0.255 e. The highest BCUT2D eigenvalue weighted by molar-refractivity contribution is 6.09. The Bertz CT molecular complexity index is 1110. The molecule has 0 fully saturated rings. The summed E-state index contributed by atoms with van der Waals surface area (Å²) in [4.78, 5) is 25.3. The summed E-state index contributed by atoms with van der Waals surface area (Å²) >= 11 is 0. The second-order valence-electron chi connectivity index (χ2n) is 6.88. The standard InChI is InChI=1S/C23H20N2O4/c1-14-6-7-15(2)19(10-14)25-23(27)17-5-3-4-16(11-17)22(26)24-18-8-9-20-21(12-18)29-13-28-20/h3-12H,13H2,1-2H3,(H,24,26)(H,25,27). The molecule has 0 saturated heterocycles. The topological polar surface area (TPSA) is 76.7 Å². The minimum Gasteiger partial charge on any atom is -0.454 e. The molecular formula is C23H20N2O4. The van der Waals surface area contributed by atoms with E-state index in [1.54, 1.807) is 42.5 Å². The van der Waals surface area contributed by atoms with E-state index in [1.807, 2.05) is 32.0 Å². The van der Waals surface area contributed by atoms with E-state index in [1.165, 1.54) is 0 Å². The van der Waals surface area contributed by atoms with E-state index in [4.69, 9.17) is 9.47 Å². The lowest BCUT2D eigenvalue weighted by Gasteiger charge is -2.11. The molecule has 3 aromatic rings. The van der Waals surface area contributed by atoms with Crippen LogP contribution < -0.4 is 20.1 Å². The lowest BCUT2D eigenvalue weighted by molar-refractivity contribution is 0.102. The molecule has 0 spiro atoms. The van der Waals surface area contributed by atoms with Gasteiger partial charge in [-0.05, 0) is 61.4 Å². The van der Waals surface area contributed by atoms with Gasteiger partial charge in [-0.1, -0.05) is 18.2 Å². The quantitative estimate of drug-likeness (QED) is 0.688. The number of rotatable bonds is 4. The van der Waals surface area contributed by atoms with E-state index in [9.17, 15) is 9.59 Å². The highest BCUT2D eigenvalue weighted by Gasteiger charge is 2.16. The van der Waals surface area contributed by atoms with Crippen LogP contribution in [0.25, 0.3) is 0 Å². The first kappa shape index (κ1) is 18.6. The molecule has 3 aromatic carbocycles. The van der Waals surface area contributed by atoms with Gasteiger partial charge in [-0.25, -0.2) is 0 Å². The predicted octanol–water partition coefficient (Wildman–Crippen LogP) is 4.54. The maximum absolute atomic E-state index is 12.7. The van der Waals surface area contributed by atoms with Crippen LogP contribution in [0.2, 0.25) is 0 Å². The Kier molecular flexibility index (Phi) is 4.91. The average Bonchev–Trinajstić information content (AvgIpc) is 3.18. The fourth-order valence-electron chi connectivity index (χ4n) is 3.04. The van der Waals surface area contributed by atoms with Crippen LogP contribution in [0, 0.1) is 13.8 Å². The van der Waals surface area contributed by atoms with Crippen molar-refractivity contribution in [2.75, 3.05) is 17.4 Å². The van der Waals surface area contributed by atoms with Crippen LogP contribution in [0.4, 0.5) is 11.4 Å². The fourth-order valence-corrected chi connectivity index (χ4v) is 3.04. The van der Waals surface area contributed by atoms with E-state index in [0.717, 1.165) is 16.8 Å². The van der Waals surface area contributed by atoms with E-state index >= 15 is 0 Å². The first-order valence-corrected chi connectivity index (χ1v) is 9.19. The van der Waals surface area contributed by atoms with Gasteiger partial charge in [0.2, 0.25) is 6.79 Å². The molecule has 0 aromatic heterocycles. The van der Waals surface area contributed by atoms with E-state index in [2.05, 4.69) is 10.6 Å². The molecule has 1 heterocycles. The summed E-state index contributed by atoms with van der Waals surface area (Å²) in [5, 5.41) is 5.72. The number of hydrogen-bond acceptors (Lipinski definition) is 4. The first-order chi connectivity index (χ1) is 14.0. The number of hydrogen-bond donors (Lipinski definition) is 2. The number of amides is 2. The summed E-state index contributed by atoms with van der Waals surface area (Å²) < 4.78 is 10.6. The Balaban J connectivity index is 1.49. The van der Waals surface area contributed by atoms with E-state index in [0.29, 0.717) is 28.3 Å². The minimum atomic E-state index is -0.315. The van der Waals surface area contributed by atoms with Crippen molar-refractivity contribution < 1.29 is 19.1 Å². The van der Waals surface area contributed by atoms with Gasteiger partial charge in [-0.2, -0.15) is 0 Å². The number of carbonyl (C=O) groups excluding carboxylic acids is 2. The Labute approximate surface area is 168 Å². The number of anilines is 2. The zero-order valence-electron chi connectivity index (χ0n) is 16.1. The Morgan fingerprint density at radius 1 is 0.793 bits per heavy atom. The molecule has 4 rings (SSSR count). The van der Waals surface area contributed by atoms with Crippen LogP contribution in [0.1, 0.15) is 31.8 Å². The molecule has 0 saturated carbocycles. The molecule has 2 amide bonds. The summed E-state index contributed by atoms with van der Waals surface area (Å²) in [5.74, 6) is 0.652. The average molecular weight is 388 g/mol. The normalized spacial score (nSPS) is 11.8. The Morgan fingerprint density at radius 2 is 1.52 bits per heavy atom. The Hall–Kier alpha value is -3.80. The SMILES string of the molecule is Cc1ccc(C)c(NC(=O)c2cccc(C(=O)Nc3ccc4c(c3)OCO4)c2)c1. The summed E-state index contributed by atoms with van der Waals surface area (Å²) in [6.45, 7) is 4.07. The van der Waals surface area contributed by atoms with Gasteiger partial charge in [-0.3, -0.25) is 9.59 Å². The number of benzene rings is 3. The third kappa shape index (κ3) is 4.06.